The summed E-state index contributed by atoms with van der Waals surface area (Å²) in [5, 5.41) is 3.00. The number of hydrogen-bond donors (Lipinski definition) is 1. The highest BCUT2D eigenvalue weighted by Crippen LogP contribution is 2.26. The average molecular weight is 311 g/mol. The van der Waals surface area contributed by atoms with E-state index in [9.17, 15) is 4.79 Å². The van der Waals surface area contributed by atoms with Gasteiger partial charge in [0.15, 0.2) is 0 Å². The first kappa shape index (κ1) is 15.3. The highest BCUT2D eigenvalue weighted by molar-refractivity contribution is 5.79. The van der Waals surface area contributed by atoms with Crippen molar-refractivity contribution >= 4 is 11.7 Å². The lowest BCUT2D eigenvalue weighted by atomic mass is 9.96. The van der Waals surface area contributed by atoms with Gasteiger partial charge in [0.05, 0.1) is 5.92 Å². The Kier molecular flexibility index (Phi) is 4.46. The van der Waals surface area contributed by atoms with Crippen molar-refractivity contribution in [3.8, 4) is 5.75 Å². The lowest BCUT2D eigenvalue weighted by Crippen LogP contribution is -2.37. The second kappa shape index (κ2) is 6.69. The molecule has 120 valence electrons. The van der Waals surface area contributed by atoms with Crippen molar-refractivity contribution in [2.75, 3.05) is 25.6 Å². The fourth-order valence-corrected chi connectivity index (χ4v) is 2.65. The van der Waals surface area contributed by atoms with Gasteiger partial charge in [0.1, 0.15) is 18.2 Å². The maximum Gasteiger partial charge on any atom is 0.227 e. The molecule has 2 aromatic rings. The maximum atomic E-state index is 12.4. The third-order valence-electron chi connectivity index (χ3n) is 3.98. The summed E-state index contributed by atoms with van der Waals surface area (Å²) >= 11 is 0. The van der Waals surface area contributed by atoms with E-state index in [-0.39, 0.29) is 11.8 Å². The summed E-state index contributed by atoms with van der Waals surface area (Å²) in [6.07, 6.45) is 2.48. The number of nitrogens with one attached hydrogen (secondary N) is 1. The Morgan fingerprint density at radius 3 is 3.00 bits per heavy atom. The number of para-hydroxylation sites is 1. The minimum absolute atomic E-state index is 0.0303. The Morgan fingerprint density at radius 2 is 2.17 bits per heavy atom. The number of aromatic nitrogens is 1. The minimum atomic E-state index is -0.139. The number of rotatable bonds is 4. The second-order valence-corrected chi connectivity index (χ2v) is 5.95. The maximum absolute atomic E-state index is 12.4. The standard InChI is InChI=1S/C18H21N3O2/c1-21(2)17-9-13(7-8-19-17)11-20-18(22)15-10-14-5-3-4-6-16(14)23-12-15/h3-9,15H,10-12H2,1-2H3,(H,20,22). The van der Waals surface area contributed by atoms with Crippen LogP contribution in [0.2, 0.25) is 0 Å². The van der Waals surface area contributed by atoms with Crippen molar-refractivity contribution in [3.63, 3.8) is 0 Å². The normalized spacial score (nSPS) is 16.2. The van der Waals surface area contributed by atoms with E-state index in [2.05, 4.69) is 10.3 Å². The molecule has 5 nitrogen and oxygen atoms in total. The van der Waals surface area contributed by atoms with Crippen LogP contribution < -0.4 is 15.0 Å². The monoisotopic (exact) mass is 311 g/mol. The molecule has 1 aliphatic rings. The zero-order valence-electron chi connectivity index (χ0n) is 13.5. The summed E-state index contributed by atoms with van der Waals surface area (Å²) in [6.45, 7) is 0.933. The van der Waals surface area contributed by atoms with Crippen LogP contribution in [-0.4, -0.2) is 31.6 Å². The van der Waals surface area contributed by atoms with E-state index in [0.717, 1.165) is 29.1 Å². The molecule has 3 rings (SSSR count). The van der Waals surface area contributed by atoms with Gasteiger partial charge in [-0.2, -0.15) is 0 Å². The van der Waals surface area contributed by atoms with E-state index in [1.54, 1.807) is 6.20 Å². The molecule has 0 saturated carbocycles. The molecular weight excluding hydrogens is 290 g/mol. The first-order valence-electron chi connectivity index (χ1n) is 7.74. The van der Waals surface area contributed by atoms with Crippen molar-refractivity contribution in [2.45, 2.75) is 13.0 Å². The molecule has 1 unspecified atom stereocenters. The number of carbonyl (C=O) groups is 1. The van der Waals surface area contributed by atoms with E-state index >= 15 is 0 Å². The molecule has 5 heteroatoms. The van der Waals surface area contributed by atoms with Gasteiger partial charge in [-0.25, -0.2) is 4.98 Å². The van der Waals surface area contributed by atoms with Crippen LogP contribution in [0.15, 0.2) is 42.6 Å². The van der Waals surface area contributed by atoms with Crippen molar-refractivity contribution in [3.05, 3.63) is 53.7 Å². The van der Waals surface area contributed by atoms with Crippen molar-refractivity contribution in [1.29, 1.82) is 0 Å². The number of fused-ring (bicyclic) bond motifs is 1. The molecule has 0 saturated heterocycles. The first-order chi connectivity index (χ1) is 11.1. The van der Waals surface area contributed by atoms with Crippen molar-refractivity contribution in [1.82, 2.24) is 10.3 Å². The van der Waals surface area contributed by atoms with Crippen molar-refractivity contribution in [2.24, 2.45) is 5.92 Å². The van der Waals surface area contributed by atoms with E-state index in [1.165, 1.54) is 0 Å². The molecule has 1 aromatic carbocycles. The number of hydrogen-bond acceptors (Lipinski definition) is 4. The molecule has 0 aliphatic carbocycles. The first-order valence-corrected chi connectivity index (χ1v) is 7.74. The average Bonchev–Trinajstić information content (AvgIpc) is 2.59. The Morgan fingerprint density at radius 1 is 1.35 bits per heavy atom. The summed E-state index contributed by atoms with van der Waals surface area (Å²) < 4.78 is 5.68. The van der Waals surface area contributed by atoms with Gasteiger partial charge in [0.2, 0.25) is 5.91 Å². The van der Waals surface area contributed by atoms with Crippen LogP contribution in [0.3, 0.4) is 0 Å². The Bertz CT molecular complexity index is 700. The Labute approximate surface area is 136 Å². The lowest BCUT2D eigenvalue weighted by molar-refractivity contribution is -0.126. The van der Waals surface area contributed by atoms with E-state index in [4.69, 9.17) is 4.74 Å². The Balaban J connectivity index is 1.59. The van der Waals surface area contributed by atoms with Gasteiger partial charge in [-0.3, -0.25) is 4.79 Å². The van der Waals surface area contributed by atoms with Crippen LogP contribution in [0, 0.1) is 5.92 Å². The molecule has 0 fully saturated rings. The van der Waals surface area contributed by atoms with Gasteiger partial charge in [-0.15, -0.1) is 0 Å². The van der Waals surface area contributed by atoms with Gasteiger partial charge in [0.25, 0.3) is 0 Å². The molecule has 0 bridgehead atoms. The van der Waals surface area contributed by atoms with Gasteiger partial charge in [-0.05, 0) is 35.7 Å². The molecule has 1 aromatic heterocycles. The zero-order valence-corrected chi connectivity index (χ0v) is 13.5. The number of nitrogens with zero attached hydrogens (tertiary/aromatic N) is 2. The fourth-order valence-electron chi connectivity index (χ4n) is 2.65. The van der Waals surface area contributed by atoms with Crippen LogP contribution in [0.5, 0.6) is 5.75 Å². The molecular formula is C18H21N3O2. The summed E-state index contributed by atoms with van der Waals surface area (Å²) in [5.41, 5.74) is 2.13. The Hall–Kier alpha value is -2.56. The van der Waals surface area contributed by atoms with Gasteiger partial charge >= 0.3 is 0 Å². The third-order valence-corrected chi connectivity index (χ3v) is 3.98. The highest BCUT2D eigenvalue weighted by atomic mass is 16.5. The van der Waals surface area contributed by atoms with E-state index in [1.807, 2.05) is 55.4 Å². The topological polar surface area (TPSA) is 54.5 Å². The SMILES string of the molecule is CN(C)c1cc(CNC(=O)C2COc3ccccc3C2)ccn1. The molecule has 2 heterocycles. The quantitative estimate of drug-likeness (QED) is 0.938. The van der Waals surface area contributed by atoms with E-state index < -0.39 is 0 Å². The summed E-state index contributed by atoms with van der Waals surface area (Å²) in [4.78, 5) is 18.6. The number of amides is 1. The predicted octanol–water partition coefficient (Wildman–Crippen LogP) is 2.02. The van der Waals surface area contributed by atoms with Gasteiger partial charge < -0.3 is 15.0 Å². The number of benzene rings is 1. The minimum Gasteiger partial charge on any atom is -0.492 e. The fraction of sp³-hybridized carbons (Fsp3) is 0.333. The smallest absolute Gasteiger partial charge is 0.227 e. The van der Waals surface area contributed by atoms with E-state index in [0.29, 0.717) is 13.2 Å². The van der Waals surface area contributed by atoms with Crippen LogP contribution >= 0.6 is 0 Å². The molecule has 0 spiro atoms. The number of pyridine rings is 1. The summed E-state index contributed by atoms with van der Waals surface area (Å²) in [7, 11) is 3.89. The van der Waals surface area contributed by atoms with Gasteiger partial charge in [0, 0.05) is 26.8 Å². The van der Waals surface area contributed by atoms with Gasteiger partial charge in [-0.1, -0.05) is 18.2 Å². The molecule has 1 atom stereocenters. The van der Waals surface area contributed by atoms with Crippen LogP contribution in [0.1, 0.15) is 11.1 Å². The molecule has 1 amide bonds. The number of carbonyl (C=O) groups excluding carboxylic acids is 1. The number of ether oxygens (including phenoxy) is 1. The largest absolute Gasteiger partial charge is 0.492 e. The molecule has 1 N–H and O–H groups in total. The summed E-state index contributed by atoms with van der Waals surface area (Å²) in [5.74, 6) is 1.66. The van der Waals surface area contributed by atoms with Crippen molar-refractivity contribution < 1.29 is 9.53 Å². The molecule has 0 radical (unpaired) electrons. The number of anilines is 1. The molecule has 1 aliphatic heterocycles. The second-order valence-electron chi connectivity index (χ2n) is 5.95. The lowest BCUT2D eigenvalue weighted by Gasteiger charge is -2.24. The van der Waals surface area contributed by atoms with Crippen LogP contribution in [0.4, 0.5) is 5.82 Å². The predicted molar refractivity (Wildman–Crippen MR) is 89.5 cm³/mol. The highest BCUT2D eigenvalue weighted by Gasteiger charge is 2.25. The van der Waals surface area contributed by atoms with Crippen LogP contribution in [0.25, 0.3) is 0 Å². The molecule has 23 heavy (non-hydrogen) atoms. The summed E-state index contributed by atoms with van der Waals surface area (Å²) in [6, 6.07) is 11.8. The van der Waals surface area contributed by atoms with Crippen LogP contribution in [-0.2, 0) is 17.8 Å². The zero-order chi connectivity index (χ0) is 16.2. The third kappa shape index (κ3) is 3.62.